The van der Waals surface area contributed by atoms with Crippen LogP contribution in [0.2, 0.25) is 0 Å². The SMILES string of the molecule is Cn1cc(S(=O)(=O)N2CCN(C(=O)CC3C=CCC3)CC2)cc1C(N)=O. The van der Waals surface area contributed by atoms with Crippen molar-refractivity contribution >= 4 is 21.8 Å². The van der Waals surface area contributed by atoms with Crippen LogP contribution in [0.1, 0.15) is 29.8 Å². The molecule has 1 fully saturated rings. The van der Waals surface area contributed by atoms with E-state index in [2.05, 4.69) is 12.2 Å². The van der Waals surface area contributed by atoms with Gasteiger partial charge in [-0.1, -0.05) is 12.2 Å². The lowest BCUT2D eigenvalue weighted by molar-refractivity contribution is -0.133. The maximum Gasteiger partial charge on any atom is 0.265 e. The zero-order valence-electron chi connectivity index (χ0n) is 14.8. The molecule has 26 heavy (non-hydrogen) atoms. The van der Waals surface area contributed by atoms with Gasteiger partial charge in [0, 0.05) is 45.8 Å². The van der Waals surface area contributed by atoms with Crippen molar-refractivity contribution in [2.75, 3.05) is 26.2 Å². The molecular weight excluding hydrogens is 356 g/mol. The third-order valence-electron chi connectivity index (χ3n) is 5.01. The molecule has 1 aromatic rings. The molecule has 1 saturated heterocycles. The zero-order valence-corrected chi connectivity index (χ0v) is 15.6. The molecule has 1 atom stereocenters. The summed E-state index contributed by atoms with van der Waals surface area (Å²) in [6.45, 7) is 1.25. The molecule has 0 bridgehead atoms. The number of hydrogen-bond acceptors (Lipinski definition) is 4. The number of nitrogens with two attached hydrogens (primary N) is 1. The van der Waals surface area contributed by atoms with Crippen molar-refractivity contribution in [3.8, 4) is 0 Å². The third-order valence-corrected chi connectivity index (χ3v) is 6.87. The van der Waals surface area contributed by atoms with Gasteiger partial charge in [0.15, 0.2) is 0 Å². The number of sulfonamides is 1. The first-order chi connectivity index (χ1) is 12.3. The Morgan fingerprint density at radius 1 is 1.23 bits per heavy atom. The molecule has 1 aromatic heterocycles. The Morgan fingerprint density at radius 3 is 2.46 bits per heavy atom. The van der Waals surface area contributed by atoms with Crippen LogP contribution in [-0.2, 0) is 21.9 Å². The fourth-order valence-electron chi connectivity index (χ4n) is 3.47. The summed E-state index contributed by atoms with van der Waals surface area (Å²) in [6.07, 6.45) is 8.10. The number of rotatable bonds is 5. The second-order valence-corrected chi connectivity index (χ2v) is 8.73. The predicted molar refractivity (Wildman–Crippen MR) is 95.8 cm³/mol. The minimum Gasteiger partial charge on any atom is -0.364 e. The number of carbonyl (C=O) groups is 2. The second-order valence-electron chi connectivity index (χ2n) is 6.79. The molecule has 2 heterocycles. The highest BCUT2D eigenvalue weighted by atomic mass is 32.2. The molecule has 8 nitrogen and oxygen atoms in total. The van der Waals surface area contributed by atoms with Crippen LogP contribution in [-0.4, -0.2) is 60.2 Å². The molecule has 9 heteroatoms. The van der Waals surface area contributed by atoms with E-state index in [9.17, 15) is 18.0 Å². The number of allylic oxidation sites excluding steroid dienone is 2. The molecule has 0 saturated carbocycles. The lowest BCUT2D eigenvalue weighted by atomic mass is 10.0. The van der Waals surface area contributed by atoms with Crippen molar-refractivity contribution in [1.29, 1.82) is 0 Å². The number of aryl methyl sites for hydroxylation is 1. The molecule has 2 N–H and O–H groups in total. The summed E-state index contributed by atoms with van der Waals surface area (Å²) in [5.74, 6) is -0.291. The number of hydrogen-bond donors (Lipinski definition) is 1. The molecule has 0 aromatic carbocycles. The van der Waals surface area contributed by atoms with Crippen molar-refractivity contribution in [1.82, 2.24) is 13.8 Å². The Morgan fingerprint density at radius 2 is 1.92 bits per heavy atom. The van der Waals surface area contributed by atoms with Crippen LogP contribution < -0.4 is 5.73 Å². The second kappa shape index (κ2) is 7.24. The van der Waals surface area contributed by atoms with Gasteiger partial charge in [0.2, 0.25) is 15.9 Å². The molecule has 0 radical (unpaired) electrons. The number of nitrogens with zero attached hydrogens (tertiary/aromatic N) is 3. The lowest BCUT2D eigenvalue weighted by Crippen LogP contribution is -2.50. The van der Waals surface area contributed by atoms with Gasteiger partial charge in [-0.2, -0.15) is 4.31 Å². The van der Waals surface area contributed by atoms with Crippen LogP contribution >= 0.6 is 0 Å². The standard InChI is InChI=1S/C17H24N4O4S/c1-19-12-14(11-15(19)17(18)23)26(24,25)21-8-6-20(7-9-21)16(22)10-13-4-2-3-5-13/h2,4,11-13H,3,5-10H2,1H3,(H2,18,23). The Bertz CT molecular complexity index is 835. The number of amides is 2. The van der Waals surface area contributed by atoms with Crippen LogP contribution in [0.4, 0.5) is 0 Å². The minimum absolute atomic E-state index is 0.0460. The van der Waals surface area contributed by atoms with Crippen LogP contribution in [0.5, 0.6) is 0 Å². The number of primary amides is 1. The predicted octanol–water partition coefficient (Wildman–Crippen LogP) is 0.313. The summed E-state index contributed by atoms with van der Waals surface area (Å²) in [4.78, 5) is 25.5. The van der Waals surface area contributed by atoms with E-state index in [-0.39, 0.29) is 29.6 Å². The van der Waals surface area contributed by atoms with Gasteiger partial charge in [-0.25, -0.2) is 8.42 Å². The molecule has 142 valence electrons. The first-order valence-electron chi connectivity index (χ1n) is 8.70. The topological polar surface area (TPSA) is 106 Å². The third kappa shape index (κ3) is 3.68. The van der Waals surface area contributed by atoms with Crippen molar-refractivity contribution in [3.05, 3.63) is 30.1 Å². The van der Waals surface area contributed by atoms with Gasteiger partial charge < -0.3 is 15.2 Å². The van der Waals surface area contributed by atoms with Gasteiger partial charge in [0.1, 0.15) is 10.6 Å². The van der Waals surface area contributed by atoms with E-state index in [1.54, 1.807) is 11.9 Å². The van der Waals surface area contributed by atoms with Crippen LogP contribution in [0.15, 0.2) is 29.3 Å². The summed E-state index contributed by atoms with van der Waals surface area (Å²) < 4.78 is 28.3. The number of carbonyl (C=O) groups excluding carboxylic acids is 2. The van der Waals surface area contributed by atoms with Gasteiger partial charge in [0.05, 0.1) is 0 Å². The van der Waals surface area contributed by atoms with E-state index < -0.39 is 15.9 Å². The zero-order chi connectivity index (χ0) is 18.9. The quantitative estimate of drug-likeness (QED) is 0.742. The molecule has 0 spiro atoms. The van der Waals surface area contributed by atoms with E-state index in [4.69, 9.17) is 5.73 Å². The first kappa shape index (κ1) is 18.7. The summed E-state index contributed by atoms with van der Waals surface area (Å²) >= 11 is 0. The highest BCUT2D eigenvalue weighted by Gasteiger charge is 2.32. The largest absolute Gasteiger partial charge is 0.364 e. The van der Waals surface area contributed by atoms with Crippen molar-refractivity contribution in [2.24, 2.45) is 18.7 Å². The maximum atomic E-state index is 12.8. The highest BCUT2D eigenvalue weighted by molar-refractivity contribution is 7.89. The van der Waals surface area contributed by atoms with E-state index >= 15 is 0 Å². The van der Waals surface area contributed by atoms with E-state index in [0.29, 0.717) is 25.4 Å². The number of aromatic nitrogens is 1. The molecular formula is C17H24N4O4S. The van der Waals surface area contributed by atoms with Crippen LogP contribution in [0.3, 0.4) is 0 Å². The smallest absolute Gasteiger partial charge is 0.265 e. The van der Waals surface area contributed by atoms with Crippen LogP contribution in [0.25, 0.3) is 0 Å². The van der Waals surface area contributed by atoms with Crippen LogP contribution in [0, 0.1) is 5.92 Å². The summed E-state index contributed by atoms with van der Waals surface area (Å²) in [5.41, 5.74) is 5.39. The normalized spacial score (nSPS) is 21.3. The Hall–Kier alpha value is -2.13. The molecule has 2 aliphatic rings. The van der Waals surface area contributed by atoms with E-state index in [1.807, 2.05) is 0 Å². The van der Waals surface area contributed by atoms with Gasteiger partial charge in [0.25, 0.3) is 5.91 Å². The summed E-state index contributed by atoms with van der Waals surface area (Å²) in [7, 11) is -2.14. The van der Waals surface area contributed by atoms with E-state index in [0.717, 1.165) is 12.8 Å². The average Bonchev–Trinajstić information content (AvgIpc) is 3.24. The van der Waals surface area contributed by atoms with Crippen molar-refractivity contribution < 1.29 is 18.0 Å². The van der Waals surface area contributed by atoms with Gasteiger partial charge in [-0.15, -0.1) is 0 Å². The van der Waals surface area contributed by atoms with Gasteiger partial charge >= 0.3 is 0 Å². The fourth-order valence-corrected chi connectivity index (χ4v) is 4.96. The Kier molecular flexibility index (Phi) is 5.19. The summed E-state index contributed by atoms with van der Waals surface area (Å²) in [5, 5.41) is 0. The molecule has 3 rings (SSSR count). The monoisotopic (exact) mass is 380 g/mol. The molecule has 1 aliphatic carbocycles. The van der Waals surface area contributed by atoms with E-state index in [1.165, 1.54) is 21.1 Å². The van der Waals surface area contributed by atoms with Crippen molar-refractivity contribution in [3.63, 3.8) is 0 Å². The Labute approximate surface area is 153 Å². The molecule has 1 aliphatic heterocycles. The minimum atomic E-state index is -3.71. The maximum absolute atomic E-state index is 12.8. The van der Waals surface area contributed by atoms with Gasteiger partial charge in [-0.05, 0) is 24.8 Å². The Balaban J connectivity index is 1.63. The van der Waals surface area contributed by atoms with Crippen molar-refractivity contribution in [2.45, 2.75) is 24.2 Å². The number of piperazine rings is 1. The highest BCUT2D eigenvalue weighted by Crippen LogP contribution is 2.23. The fraction of sp³-hybridized carbons (Fsp3) is 0.529. The molecule has 2 amide bonds. The average molecular weight is 380 g/mol. The lowest BCUT2D eigenvalue weighted by Gasteiger charge is -2.34. The van der Waals surface area contributed by atoms with Gasteiger partial charge in [-0.3, -0.25) is 9.59 Å². The first-order valence-corrected chi connectivity index (χ1v) is 10.1. The summed E-state index contributed by atoms with van der Waals surface area (Å²) in [6, 6.07) is 1.29. The molecule has 1 unspecified atom stereocenters.